The van der Waals surface area contributed by atoms with Gasteiger partial charge in [0.2, 0.25) is 10.0 Å². The van der Waals surface area contributed by atoms with Crippen molar-refractivity contribution >= 4 is 27.6 Å². The summed E-state index contributed by atoms with van der Waals surface area (Å²) in [7, 11) is -3.89. The first kappa shape index (κ1) is 22.4. The largest absolute Gasteiger partial charge is 0.494 e. The lowest BCUT2D eigenvalue weighted by Gasteiger charge is -2.09. The molecule has 0 saturated carbocycles. The lowest BCUT2D eigenvalue weighted by molar-refractivity contribution is -0.146. The number of hydrogen-bond acceptors (Lipinski definition) is 6. The fraction of sp³-hybridized carbons (Fsp3) is 0.300. The SMILES string of the molecule is CCOc1ccc(S(=O)(=O)NCC(=O)OCC(=O)Nc2cc(C)cc(C)c2)cc1. The van der Waals surface area contributed by atoms with Crippen molar-refractivity contribution in [1.29, 1.82) is 0 Å². The third-order valence-electron chi connectivity index (χ3n) is 3.72. The van der Waals surface area contributed by atoms with E-state index in [0.717, 1.165) is 11.1 Å². The van der Waals surface area contributed by atoms with Gasteiger partial charge in [0, 0.05) is 5.69 Å². The maximum atomic E-state index is 12.2. The molecule has 0 saturated heterocycles. The highest BCUT2D eigenvalue weighted by molar-refractivity contribution is 7.89. The van der Waals surface area contributed by atoms with Gasteiger partial charge in [-0.05, 0) is 68.3 Å². The Bertz CT molecular complexity index is 951. The first-order valence-electron chi connectivity index (χ1n) is 8.96. The van der Waals surface area contributed by atoms with Crippen molar-refractivity contribution < 1.29 is 27.5 Å². The summed E-state index contributed by atoms with van der Waals surface area (Å²) >= 11 is 0. The molecule has 0 aliphatic carbocycles. The van der Waals surface area contributed by atoms with E-state index in [1.807, 2.05) is 26.8 Å². The molecule has 29 heavy (non-hydrogen) atoms. The van der Waals surface area contributed by atoms with Crippen molar-refractivity contribution in [1.82, 2.24) is 4.72 Å². The molecule has 2 aromatic carbocycles. The van der Waals surface area contributed by atoms with Crippen LogP contribution in [0.15, 0.2) is 47.4 Å². The number of anilines is 1. The quantitative estimate of drug-likeness (QED) is 0.602. The molecule has 0 radical (unpaired) electrons. The van der Waals surface area contributed by atoms with Gasteiger partial charge in [0.1, 0.15) is 12.3 Å². The number of carbonyl (C=O) groups excluding carboxylic acids is 2. The summed E-state index contributed by atoms with van der Waals surface area (Å²) in [4.78, 5) is 23.7. The Labute approximate surface area is 170 Å². The maximum absolute atomic E-state index is 12.2. The van der Waals surface area contributed by atoms with Crippen LogP contribution < -0.4 is 14.8 Å². The number of ether oxygens (including phenoxy) is 2. The molecule has 0 atom stereocenters. The van der Waals surface area contributed by atoms with Gasteiger partial charge in [0.15, 0.2) is 6.61 Å². The average molecular weight is 420 g/mol. The Hall–Kier alpha value is -2.91. The van der Waals surface area contributed by atoms with Crippen molar-refractivity contribution in [2.24, 2.45) is 0 Å². The Morgan fingerprint density at radius 2 is 1.62 bits per heavy atom. The minimum atomic E-state index is -3.89. The summed E-state index contributed by atoms with van der Waals surface area (Å²) < 4.78 is 36.6. The molecule has 2 rings (SSSR count). The van der Waals surface area contributed by atoms with Gasteiger partial charge in [-0.2, -0.15) is 4.72 Å². The molecular weight excluding hydrogens is 396 g/mol. The van der Waals surface area contributed by atoms with Gasteiger partial charge >= 0.3 is 5.97 Å². The van der Waals surface area contributed by atoms with Crippen molar-refractivity contribution in [2.75, 3.05) is 25.1 Å². The van der Waals surface area contributed by atoms with E-state index in [4.69, 9.17) is 9.47 Å². The van der Waals surface area contributed by atoms with E-state index in [2.05, 4.69) is 10.0 Å². The highest BCUT2D eigenvalue weighted by Crippen LogP contribution is 2.16. The van der Waals surface area contributed by atoms with Gasteiger partial charge < -0.3 is 14.8 Å². The first-order chi connectivity index (χ1) is 13.7. The fourth-order valence-electron chi connectivity index (χ4n) is 2.56. The van der Waals surface area contributed by atoms with E-state index in [0.29, 0.717) is 18.0 Å². The highest BCUT2D eigenvalue weighted by Gasteiger charge is 2.17. The summed E-state index contributed by atoms with van der Waals surface area (Å²) in [5, 5.41) is 2.63. The van der Waals surface area contributed by atoms with Crippen LogP contribution in [-0.4, -0.2) is 40.1 Å². The van der Waals surface area contributed by atoms with E-state index in [1.54, 1.807) is 12.1 Å². The number of amides is 1. The molecule has 9 heteroatoms. The fourth-order valence-corrected chi connectivity index (χ4v) is 3.53. The predicted molar refractivity (Wildman–Crippen MR) is 108 cm³/mol. The lowest BCUT2D eigenvalue weighted by Crippen LogP contribution is -2.32. The van der Waals surface area contributed by atoms with Crippen LogP contribution in [0.1, 0.15) is 18.1 Å². The molecule has 2 aromatic rings. The zero-order valence-electron chi connectivity index (χ0n) is 16.5. The van der Waals surface area contributed by atoms with Crippen LogP contribution in [0.2, 0.25) is 0 Å². The number of hydrogen-bond donors (Lipinski definition) is 2. The second-order valence-corrected chi connectivity index (χ2v) is 8.08. The monoisotopic (exact) mass is 420 g/mol. The van der Waals surface area contributed by atoms with Crippen LogP contribution in [0.25, 0.3) is 0 Å². The Morgan fingerprint density at radius 1 is 1.00 bits per heavy atom. The van der Waals surface area contributed by atoms with Crippen molar-refractivity contribution in [3.05, 3.63) is 53.6 Å². The van der Waals surface area contributed by atoms with Crippen LogP contribution in [0, 0.1) is 13.8 Å². The van der Waals surface area contributed by atoms with E-state index in [-0.39, 0.29) is 4.90 Å². The summed E-state index contributed by atoms with van der Waals surface area (Å²) in [5.74, 6) is -0.839. The van der Waals surface area contributed by atoms with Crippen LogP contribution in [0.5, 0.6) is 5.75 Å². The molecule has 0 bridgehead atoms. The van der Waals surface area contributed by atoms with Gasteiger partial charge in [-0.3, -0.25) is 9.59 Å². The number of carbonyl (C=O) groups is 2. The normalized spacial score (nSPS) is 11.0. The molecule has 0 heterocycles. The highest BCUT2D eigenvalue weighted by atomic mass is 32.2. The van der Waals surface area contributed by atoms with Gasteiger partial charge in [0.25, 0.3) is 5.91 Å². The Kier molecular flexibility index (Phi) is 7.74. The van der Waals surface area contributed by atoms with Gasteiger partial charge in [-0.15, -0.1) is 0 Å². The third kappa shape index (κ3) is 7.20. The molecule has 8 nitrogen and oxygen atoms in total. The van der Waals surface area contributed by atoms with Crippen molar-refractivity contribution in [2.45, 2.75) is 25.7 Å². The lowest BCUT2D eigenvalue weighted by atomic mass is 10.1. The smallest absolute Gasteiger partial charge is 0.321 e. The van der Waals surface area contributed by atoms with Crippen LogP contribution in [0.3, 0.4) is 0 Å². The maximum Gasteiger partial charge on any atom is 0.321 e. The van der Waals surface area contributed by atoms with E-state index in [9.17, 15) is 18.0 Å². The van der Waals surface area contributed by atoms with Crippen LogP contribution >= 0.6 is 0 Å². The molecule has 0 aromatic heterocycles. The number of benzene rings is 2. The molecule has 0 fully saturated rings. The number of sulfonamides is 1. The Balaban J connectivity index is 1.81. The van der Waals surface area contributed by atoms with Crippen molar-refractivity contribution in [3.63, 3.8) is 0 Å². The molecule has 0 spiro atoms. The number of nitrogens with one attached hydrogen (secondary N) is 2. The number of esters is 1. The summed E-state index contributed by atoms with van der Waals surface area (Å²) in [6.45, 7) is 4.98. The van der Waals surface area contributed by atoms with E-state index >= 15 is 0 Å². The zero-order valence-corrected chi connectivity index (χ0v) is 17.3. The topological polar surface area (TPSA) is 111 Å². The van der Waals surface area contributed by atoms with Gasteiger partial charge in [-0.1, -0.05) is 6.07 Å². The first-order valence-corrected chi connectivity index (χ1v) is 10.4. The number of aryl methyl sites for hydroxylation is 2. The number of rotatable bonds is 9. The van der Waals surface area contributed by atoms with Gasteiger partial charge in [-0.25, -0.2) is 8.42 Å². The third-order valence-corrected chi connectivity index (χ3v) is 5.14. The summed E-state index contributed by atoms with van der Waals surface area (Å²) in [6, 6.07) is 11.3. The molecule has 1 amide bonds. The molecule has 0 unspecified atom stereocenters. The molecular formula is C20H24N2O6S. The zero-order chi connectivity index (χ0) is 21.4. The molecule has 156 valence electrons. The van der Waals surface area contributed by atoms with Gasteiger partial charge in [0.05, 0.1) is 11.5 Å². The van der Waals surface area contributed by atoms with E-state index in [1.165, 1.54) is 24.3 Å². The summed E-state index contributed by atoms with van der Waals surface area (Å²) in [6.07, 6.45) is 0. The standard InChI is InChI=1S/C20H24N2O6S/c1-4-27-17-5-7-18(8-6-17)29(25,26)21-12-20(24)28-13-19(23)22-16-10-14(2)9-15(3)11-16/h5-11,21H,4,12-13H2,1-3H3,(H,22,23). The van der Waals surface area contributed by atoms with Crippen molar-refractivity contribution in [3.8, 4) is 5.75 Å². The Morgan fingerprint density at radius 3 is 2.21 bits per heavy atom. The predicted octanol–water partition coefficient (Wildman–Crippen LogP) is 2.16. The minimum absolute atomic E-state index is 0.0127. The molecule has 2 N–H and O–H groups in total. The molecule has 0 aliphatic rings. The second kappa shape index (κ2) is 10.0. The summed E-state index contributed by atoms with van der Waals surface area (Å²) in [5.41, 5.74) is 2.57. The van der Waals surface area contributed by atoms with E-state index < -0.39 is 35.1 Å². The minimum Gasteiger partial charge on any atom is -0.494 e. The second-order valence-electron chi connectivity index (χ2n) is 6.31. The van der Waals surface area contributed by atoms with Crippen LogP contribution in [-0.2, 0) is 24.3 Å². The van der Waals surface area contributed by atoms with Crippen LogP contribution in [0.4, 0.5) is 5.69 Å². The average Bonchev–Trinajstić information content (AvgIpc) is 2.65. The molecule has 0 aliphatic heterocycles.